The standard InChI is InChI=1S/C12H16N4O/c1-4-9(13-3)12-15-11(16-17-12)10-7-5-6-8(2)14-10/h5-7,9,13H,4H2,1-3H3. The largest absolute Gasteiger partial charge is 0.337 e. The lowest BCUT2D eigenvalue weighted by Crippen LogP contribution is -2.15. The first-order valence-electron chi connectivity index (χ1n) is 5.69. The van der Waals surface area contributed by atoms with E-state index in [-0.39, 0.29) is 6.04 Å². The number of aromatic nitrogens is 3. The molecule has 0 aliphatic rings. The summed E-state index contributed by atoms with van der Waals surface area (Å²) in [7, 11) is 1.88. The molecule has 2 aromatic rings. The van der Waals surface area contributed by atoms with Crippen molar-refractivity contribution in [2.45, 2.75) is 26.3 Å². The Bertz CT molecular complexity index is 491. The van der Waals surface area contributed by atoms with Gasteiger partial charge in [-0.25, -0.2) is 4.98 Å². The van der Waals surface area contributed by atoms with E-state index in [1.54, 1.807) is 0 Å². The first kappa shape index (κ1) is 11.7. The van der Waals surface area contributed by atoms with Gasteiger partial charge in [0.25, 0.3) is 0 Å². The molecule has 1 unspecified atom stereocenters. The highest BCUT2D eigenvalue weighted by molar-refractivity contribution is 5.48. The van der Waals surface area contributed by atoms with Crippen molar-refractivity contribution in [1.82, 2.24) is 20.4 Å². The van der Waals surface area contributed by atoms with E-state index >= 15 is 0 Å². The number of hydrogen-bond acceptors (Lipinski definition) is 5. The summed E-state index contributed by atoms with van der Waals surface area (Å²) in [6.07, 6.45) is 0.902. The van der Waals surface area contributed by atoms with E-state index < -0.39 is 0 Å². The van der Waals surface area contributed by atoms with Gasteiger partial charge in [-0.2, -0.15) is 4.98 Å². The summed E-state index contributed by atoms with van der Waals surface area (Å²) < 4.78 is 5.24. The molecule has 5 heteroatoms. The normalized spacial score (nSPS) is 12.6. The van der Waals surface area contributed by atoms with Gasteiger partial charge in [0.05, 0.1) is 6.04 Å². The maximum absolute atomic E-state index is 5.24. The quantitative estimate of drug-likeness (QED) is 0.874. The summed E-state index contributed by atoms with van der Waals surface area (Å²) in [6, 6.07) is 5.85. The SMILES string of the molecule is CCC(NC)c1nc(-c2cccc(C)n2)no1. The third-order valence-electron chi connectivity index (χ3n) is 2.61. The molecule has 1 N–H and O–H groups in total. The molecule has 0 aliphatic carbocycles. The molecule has 2 heterocycles. The van der Waals surface area contributed by atoms with Gasteiger partial charge in [0.2, 0.25) is 11.7 Å². The van der Waals surface area contributed by atoms with Gasteiger partial charge in [-0.1, -0.05) is 18.1 Å². The first-order valence-corrected chi connectivity index (χ1v) is 5.69. The van der Waals surface area contributed by atoms with Crippen molar-refractivity contribution < 1.29 is 4.52 Å². The number of nitrogens with zero attached hydrogens (tertiary/aromatic N) is 3. The highest BCUT2D eigenvalue weighted by Crippen LogP contribution is 2.18. The molecule has 0 amide bonds. The maximum atomic E-state index is 5.24. The Balaban J connectivity index is 2.29. The molecule has 0 spiro atoms. The second-order valence-electron chi connectivity index (χ2n) is 3.87. The Kier molecular flexibility index (Phi) is 3.49. The van der Waals surface area contributed by atoms with Gasteiger partial charge in [-0.15, -0.1) is 0 Å². The molecule has 5 nitrogen and oxygen atoms in total. The third-order valence-corrected chi connectivity index (χ3v) is 2.61. The first-order chi connectivity index (χ1) is 8.24. The van der Waals surface area contributed by atoms with Gasteiger partial charge >= 0.3 is 0 Å². The Hall–Kier alpha value is -1.75. The van der Waals surface area contributed by atoms with Crippen LogP contribution in [0.2, 0.25) is 0 Å². The lowest BCUT2D eigenvalue weighted by Gasteiger charge is -2.06. The van der Waals surface area contributed by atoms with E-state index in [0.29, 0.717) is 11.7 Å². The molecular formula is C12H16N4O. The van der Waals surface area contributed by atoms with E-state index in [0.717, 1.165) is 17.8 Å². The van der Waals surface area contributed by atoms with Gasteiger partial charge in [0.15, 0.2) is 0 Å². The fourth-order valence-corrected chi connectivity index (χ4v) is 1.65. The molecule has 0 fully saturated rings. The van der Waals surface area contributed by atoms with Crippen LogP contribution in [0.1, 0.15) is 31.0 Å². The highest BCUT2D eigenvalue weighted by Gasteiger charge is 2.16. The average molecular weight is 232 g/mol. The molecule has 0 aromatic carbocycles. The van der Waals surface area contributed by atoms with Crippen molar-refractivity contribution in [2.75, 3.05) is 7.05 Å². The van der Waals surface area contributed by atoms with E-state index in [1.165, 1.54) is 0 Å². The molecular weight excluding hydrogens is 216 g/mol. The Labute approximate surface area is 100 Å². The molecule has 17 heavy (non-hydrogen) atoms. The van der Waals surface area contributed by atoms with Gasteiger partial charge in [0, 0.05) is 5.69 Å². The van der Waals surface area contributed by atoms with Crippen LogP contribution in [0.15, 0.2) is 22.7 Å². The zero-order chi connectivity index (χ0) is 12.3. The minimum Gasteiger partial charge on any atom is -0.337 e. The predicted molar refractivity (Wildman–Crippen MR) is 64.4 cm³/mol. The van der Waals surface area contributed by atoms with Crippen LogP contribution in [0.5, 0.6) is 0 Å². The number of aryl methyl sites for hydroxylation is 1. The van der Waals surface area contributed by atoms with Gasteiger partial charge in [-0.3, -0.25) is 0 Å². The van der Waals surface area contributed by atoms with Gasteiger partial charge in [0.1, 0.15) is 5.69 Å². The number of hydrogen-bond donors (Lipinski definition) is 1. The maximum Gasteiger partial charge on any atom is 0.244 e. The Morgan fingerprint density at radius 1 is 1.35 bits per heavy atom. The fourth-order valence-electron chi connectivity index (χ4n) is 1.65. The topological polar surface area (TPSA) is 63.8 Å². The molecule has 0 aliphatic heterocycles. The summed E-state index contributed by atoms with van der Waals surface area (Å²) in [6.45, 7) is 4.00. The predicted octanol–water partition coefficient (Wildman–Crippen LogP) is 2.11. The second kappa shape index (κ2) is 5.05. The van der Waals surface area contributed by atoms with Gasteiger partial charge < -0.3 is 9.84 Å². The Morgan fingerprint density at radius 2 is 2.18 bits per heavy atom. The highest BCUT2D eigenvalue weighted by atomic mass is 16.5. The molecule has 2 rings (SSSR count). The lowest BCUT2D eigenvalue weighted by atomic mass is 10.2. The van der Waals surface area contributed by atoms with E-state index in [9.17, 15) is 0 Å². The third kappa shape index (κ3) is 2.50. The van der Waals surface area contributed by atoms with Gasteiger partial charge in [-0.05, 0) is 32.5 Å². The van der Waals surface area contributed by atoms with Crippen molar-refractivity contribution >= 4 is 0 Å². The van der Waals surface area contributed by atoms with Crippen molar-refractivity contribution in [2.24, 2.45) is 0 Å². The molecule has 2 aromatic heterocycles. The van der Waals surface area contributed by atoms with Crippen molar-refractivity contribution in [1.29, 1.82) is 0 Å². The zero-order valence-electron chi connectivity index (χ0n) is 10.3. The molecule has 0 radical (unpaired) electrons. The van der Waals surface area contributed by atoms with Crippen molar-refractivity contribution in [3.8, 4) is 11.5 Å². The summed E-state index contributed by atoms with van der Waals surface area (Å²) in [5.74, 6) is 1.14. The van der Waals surface area contributed by atoms with E-state index in [4.69, 9.17) is 4.52 Å². The van der Waals surface area contributed by atoms with Crippen LogP contribution in [0, 0.1) is 6.92 Å². The van der Waals surface area contributed by atoms with Crippen LogP contribution >= 0.6 is 0 Å². The molecule has 0 bridgehead atoms. The molecule has 1 atom stereocenters. The molecule has 0 saturated carbocycles. The zero-order valence-corrected chi connectivity index (χ0v) is 10.3. The minimum absolute atomic E-state index is 0.0982. The minimum atomic E-state index is 0.0982. The number of nitrogens with one attached hydrogen (secondary N) is 1. The van der Waals surface area contributed by atoms with Crippen LogP contribution in [0.3, 0.4) is 0 Å². The fraction of sp³-hybridized carbons (Fsp3) is 0.417. The van der Waals surface area contributed by atoms with E-state index in [1.807, 2.05) is 32.2 Å². The van der Waals surface area contributed by atoms with Crippen LogP contribution in [0.4, 0.5) is 0 Å². The number of pyridine rings is 1. The van der Waals surface area contributed by atoms with E-state index in [2.05, 4.69) is 27.4 Å². The van der Waals surface area contributed by atoms with Crippen LogP contribution in [-0.4, -0.2) is 22.2 Å². The monoisotopic (exact) mass is 232 g/mol. The lowest BCUT2D eigenvalue weighted by molar-refractivity contribution is 0.334. The Morgan fingerprint density at radius 3 is 2.82 bits per heavy atom. The summed E-state index contributed by atoms with van der Waals surface area (Å²) in [5.41, 5.74) is 1.68. The summed E-state index contributed by atoms with van der Waals surface area (Å²) in [4.78, 5) is 8.72. The van der Waals surface area contributed by atoms with Crippen molar-refractivity contribution in [3.05, 3.63) is 29.8 Å². The smallest absolute Gasteiger partial charge is 0.244 e. The summed E-state index contributed by atoms with van der Waals surface area (Å²) >= 11 is 0. The van der Waals surface area contributed by atoms with Crippen LogP contribution < -0.4 is 5.32 Å². The second-order valence-corrected chi connectivity index (χ2v) is 3.87. The molecule has 90 valence electrons. The average Bonchev–Trinajstić information content (AvgIpc) is 2.80. The summed E-state index contributed by atoms with van der Waals surface area (Å²) in [5, 5.41) is 7.08. The molecule has 0 saturated heterocycles. The van der Waals surface area contributed by atoms with Crippen LogP contribution in [-0.2, 0) is 0 Å². The van der Waals surface area contributed by atoms with Crippen molar-refractivity contribution in [3.63, 3.8) is 0 Å². The number of rotatable bonds is 4. The van der Waals surface area contributed by atoms with Crippen LogP contribution in [0.25, 0.3) is 11.5 Å².